The monoisotopic (exact) mass is 657 g/mol. The highest BCUT2D eigenvalue weighted by Gasteiger charge is 2.35. The Kier molecular flexibility index (Phi) is 8.61. The van der Waals surface area contributed by atoms with Gasteiger partial charge in [0.2, 0.25) is 5.88 Å². The van der Waals surface area contributed by atoms with Crippen LogP contribution in [0.1, 0.15) is 65.3 Å². The predicted octanol–water partition coefficient (Wildman–Crippen LogP) is 6.66. The number of pyridine rings is 1. The number of para-hydroxylation sites is 1. The predicted molar refractivity (Wildman–Crippen MR) is 167 cm³/mol. The number of hydrogen-bond acceptors (Lipinski definition) is 8. The second-order valence-corrected chi connectivity index (χ2v) is 12.3. The van der Waals surface area contributed by atoms with Crippen molar-refractivity contribution in [2.75, 3.05) is 25.1 Å². The number of methoxy groups -OCH3 is 1. The Morgan fingerprint density at radius 2 is 1.82 bits per heavy atom. The summed E-state index contributed by atoms with van der Waals surface area (Å²) < 4.78 is 13.0. The number of aromatic carboxylic acids is 1. The lowest BCUT2D eigenvalue weighted by molar-refractivity contribution is 0.0245. The second-order valence-electron chi connectivity index (χ2n) is 11.0. The maximum Gasteiger partial charge on any atom is 0.336 e. The number of hydrogen-bond donors (Lipinski definition) is 2. The van der Waals surface area contributed by atoms with Crippen LogP contribution in [0.4, 0.5) is 5.82 Å². The lowest BCUT2D eigenvalue weighted by Crippen LogP contribution is -2.30. The lowest BCUT2D eigenvalue weighted by Gasteiger charge is -2.29. The number of halogens is 3. The van der Waals surface area contributed by atoms with E-state index in [9.17, 15) is 15.0 Å². The molecule has 1 atom stereocenters. The van der Waals surface area contributed by atoms with Gasteiger partial charge in [0.05, 0.1) is 39.0 Å². The van der Waals surface area contributed by atoms with Gasteiger partial charge in [0, 0.05) is 30.6 Å². The molecule has 1 saturated heterocycles. The smallest absolute Gasteiger partial charge is 0.336 e. The highest BCUT2D eigenvalue weighted by molar-refractivity contribution is 6.37. The van der Waals surface area contributed by atoms with Gasteiger partial charge >= 0.3 is 5.97 Å². The molecule has 1 saturated carbocycles. The maximum absolute atomic E-state index is 11.8. The molecule has 1 unspecified atom stereocenters. The first-order valence-electron chi connectivity index (χ1n) is 14.3. The minimum atomic E-state index is -1.19. The summed E-state index contributed by atoms with van der Waals surface area (Å²) >= 11 is 19.7. The Bertz CT molecular complexity index is 1690. The molecule has 44 heavy (non-hydrogen) atoms. The Hall–Kier alpha value is -3.57. The van der Waals surface area contributed by atoms with Gasteiger partial charge in [0.1, 0.15) is 29.6 Å². The molecule has 2 fully saturated rings. The van der Waals surface area contributed by atoms with Crippen molar-refractivity contribution in [1.82, 2.24) is 20.0 Å². The van der Waals surface area contributed by atoms with E-state index in [1.54, 1.807) is 41.1 Å². The zero-order valence-corrected chi connectivity index (χ0v) is 26.1. The van der Waals surface area contributed by atoms with Crippen LogP contribution in [0.3, 0.4) is 0 Å². The summed E-state index contributed by atoms with van der Waals surface area (Å²) in [4.78, 5) is 18.0. The molecule has 0 spiro atoms. The van der Waals surface area contributed by atoms with E-state index < -0.39 is 11.6 Å². The molecule has 2 aromatic carbocycles. The molecule has 230 valence electrons. The normalized spacial score (nSPS) is 18.6. The number of nitrogens with zero attached hydrogens (tertiary/aromatic N) is 5. The minimum absolute atomic E-state index is 0.0861. The van der Waals surface area contributed by atoms with Crippen LogP contribution in [0.5, 0.6) is 11.6 Å². The van der Waals surface area contributed by atoms with E-state index in [1.165, 1.54) is 19.2 Å². The summed E-state index contributed by atoms with van der Waals surface area (Å²) in [6.07, 6.45) is 3.54. The summed E-state index contributed by atoms with van der Waals surface area (Å²) in [5.74, 6) is 0.486. The number of ether oxygens (including phenoxy) is 2. The largest absolute Gasteiger partial charge is 0.487 e. The van der Waals surface area contributed by atoms with Gasteiger partial charge in [0.25, 0.3) is 0 Å². The summed E-state index contributed by atoms with van der Waals surface area (Å²) in [5.41, 5.74) is 1.68. The number of rotatable bonds is 9. The molecule has 0 radical (unpaired) electrons. The number of benzene rings is 2. The molecule has 2 N–H and O–H groups in total. The fourth-order valence-corrected chi connectivity index (χ4v) is 6.51. The molecule has 13 heteroatoms. The standard InChI is InChI=1S/C31H30Cl3N5O5/c1-43-27-15-19(30(40)41)14-26(35-27)38-12-3-10-31(42,11-13-38)21-9-8-20(16-24(21)34)44-17-25-28(18-6-7-18)36-37-39(25)29-22(32)4-2-5-23(29)33/h2,4-5,8-9,14-16,18,42H,3,6-7,10-13,17H2,1H3,(H,40,41). The third-order valence-corrected chi connectivity index (χ3v) is 9.03. The third kappa shape index (κ3) is 6.17. The zero-order valence-electron chi connectivity index (χ0n) is 23.8. The first-order chi connectivity index (χ1) is 21.2. The van der Waals surface area contributed by atoms with E-state index in [4.69, 9.17) is 44.3 Å². The van der Waals surface area contributed by atoms with Crippen LogP contribution in [0.25, 0.3) is 5.69 Å². The van der Waals surface area contributed by atoms with Gasteiger partial charge in [-0.25, -0.2) is 9.48 Å². The van der Waals surface area contributed by atoms with Gasteiger partial charge in [0.15, 0.2) is 0 Å². The lowest BCUT2D eigenvalue weighted by atomic mass is 9.87. The maximum atomic E-state index is 11.8. The van der Waals surface area contributed by atoms with Crippen LogP contribution in [0.2, 0.25) is 15.1 Å². The van der Waals surface area contributed by atoms with E-state index in [-0.39, 0.29) is 18.1 Å². The highest BCUT2D eigenvalue weighted by atomic mass is 35.5. The van der Waals surface area contributed by atoms with Crippen LogP contribution >= 0.6 is 34.8 Å². The minimum Gasteiger partial charge on any atom is -0.487 e. The molecular weight excluding hydrogens is 629 g/mol. The number of carbonyl (C=O) groups is 1. The van der Waals surface area contributed by atoms with Crippen molar-refractivity contribution in [2.45, 2.75) is 50.2 Å². The van der Waals surface area contributed by atoms with Gasteiger partial charge in [-0.1, -0.05) is 52.1 Å². The molecule has 0 bridgehead atoms. The fourth-order valence-electron chi connectivity index (χ4n) is 5.61. The SMILES string of the molecule is COc1cc(C(=O)O)cc(N2CCCC(O)(c3ccc(OCc4c(C5CC5)nnn4-c4c(Cl)cccc4Cl)cc3Cl)CC2)n1. The van der Waals surface area contributed by atoms with Crippen molar-refractivity contribution in [3.8, 4) is 17.3 Å². The van der Waals surface area contributed by atoms with Crippen molar-refractivity contribution in [3.63, 3.8) is 0 Å². The van der Waals surface area contributed by atoms with Crippen molar-refractivity contribution in [3.05, 3.63) is 86.1 Å². The molecule has 1 aliphatic carbocycles. The Morgan fingerprint density at radius 1 is 1.05 bits per heavy atom. The molecule has 2 aliphatic rings. The average Bonchev–Trinajstić information content (AvgIpc) is 3.80. The van der Waals surface area contributed by atoms with Crippen LogP contribution in [0.15, 0.2) is 48.5 Å². The van der Waals surface area contributed by atoms with E-state index in [1.807, 2.05) is 4.90 Å². The Balaban J connectivity index is 1.19. The Morgan fingerprint density at radius 3 is 2.50 bits per heavy atom. The van der Waals surface area contributed by atoms with E-state index in [0.29, 0.717) is 76.2 Å². The molecule has 6 rings (SSSR count). The van der Waals surface area contributed by atoms with Gasteiger partial charge in [-0.2, -0.15) is 4.98 Å². The summed E-state index contributed by atoms with van der Waals surface area (Å²) in [7, 11) is 1.44. The second kappa shape index (κ2) is 12.4. The number of carboxylic acid groups (broad SMARTS) is 1. The van der Waals surface area contributed by atoms with Crippen LogP contribution < -0.4 is 14.4 Å². The first kappa shape index (κ1) is 30.5. The fraction of sp³-hybridized carbons (Fsp3) is 0.355. The van der Waals surface area contributed by atoms with Crippen molar-refractivity contribution >= 4 is 46.6 Å². The van der Waals surface area contributed by atoms with Crippen LogP contribution in [-0.2, 0) is 12.2 Å². The zero-order chi connectivity index (χ0) is 31.0. The number of anilines is 1. The number of carboxylic acids is 1. The van der Waals surface area contributed by atoms with Crippen LogP contribution in [0, 0.1) is 0 Å². The topological polar surface area (TPSA) is 123 Å². The number of aromatic nitrogens is 4. The molecule has 0 amide bonds. The van der Waals surface area contributed by atoms with E-state index >= 15 is 0 Å². The summed E-state index contributed by atoms with van der Waals surface area (Å²) in [6.45, 7) is 1.19. The van der Waals surface area contributed by atoms with Gasteiger partial charge < -0.3 is 24.6 Å². The molecule has 3 heterocycles. The average molecular weight is 659 g/mol. The molecule has 10 nitrogen and oxygen atoms in total. The van der Waals surface area contributed by atoms with Crippen LogP contribution in [-0.4, -0.2) is 56.4 Å². The van der Waals surface area contributed by atoms with E-state index in [2.05, 4.69) is 15.3 Å². The summed E-state index contributed by atoms with van der Waals surface area (Å²) in [6, 6.07) is 13.5. The van der Waals surface area contributed by atoms with Gasteiger partial charge in [-0.05, 0) is 62.4 Å². The third-order valence-electron chi connectivity index (χ3n) is 8.11. The molecule has 1 aliphatic heterocycles. The van der Waals surface area contributed by atoms with Crippen molar-refractivity contribution in [1.29, 1.82) is 0 Å². The quantitative estimate of drug-likeness (QED) is 0.203. The van der Waals surface area contributed by atoms with E-state index in [0.717, 1.165) is 24.2 Å². The summed E-state index contributed by atoms with van der Waals surface area (Å²) in [5, 5.41) is 31.3. The Labute approximate surface area is 269 Å². The van der Waals surface area contributed by atoms with Crippen molar-refractivity contribution in [2.24, 2.45) is 0 Å². The van der Waals surface area contributed by atoms with Crippen molar-refractivity contribution < 1.29 is 24.5 Å². The molecule has 2 aromatic heterocycles. The first-order valence-corrected chi connectivity index (χ1v) is 15.4. The molecular formula is C31H30Cl3N5O5. The van der Waals surface area contributed by atoms with Gasteiger partial charge in [-0.3, -0.25) is 0 Å². The highest BCUT2D eigenvalue weighted by Crippen LogP contribution is 2.43. The molecule has 4 aromatic rings. The van der Waals surface area contributed by atoms with Gasteiger partial charge in [-0.15, -0.1) is 5.10 Å². The number of aliphatic hydroxyl groups is 1.